The first kappa shape index (κ1) is 30.4. The number of ether oxygens (including phenoxy) is 5. The van der Waals surface area contributed by atoms with Gasteiger partial charge in [-0.05, 0) is 53.9 Å². The molecule has 0 spiro atoms. The maximum atomic E-state index is 5.88. The fourth-order valence-electron chi connectivity index (χ4n) is 4.24. The molecule has 5 aromatic rings. The Labute approximate surface area is 255 Å². The molecule has 4 aromatic carbocycles. The van der Waals surface area contributed by atoms with E-state index in [4.69, 9.17) is 23.7 Å². The largest absolute Gasteiger partial charge is 0.491 e. The summed E-state index contributed by atoms with van der Waals surface area (Å²) in [6.07, 6.45) is 0. The second-order valence-electron chi connectivity index (χ2n) is 9.75. The molecule has 0 fully saturated rings. The quantitative estimate of drug-likeness (QED) is 0.0810. The number of fused-ring (bicyclic) bond motifs is 2. The van der Waals surface area contributed by atoms with Gasteiger partial charge in [0, 0.05) is 25.2 Å². The molecule has 5 rings (SSSR count). The van der Waals surface area contributed by atoms with Crippen LogP contribution in [0.25, 0.3) is 21.0 Å². The van der Waals surface area contributed by atoms with Crippen molar-refractivity contribution in [1.29, 1.82) is 0 Å². The summed E-state index contributed by atoms with van der Waals surface area (Å²) in [5.74, 6) is 1.64. The number of benzene rings is 4. The van der Waals surface area contributed by atoms with Crippen molar-refractivity contribution in [1.82, 2.24) is 4.98 Å². The number of rotatable bonds is 17. The summed E-state index contributed by atoms with van der Waals surface area (Å²) >= 11 is 1.47. The maximum Gasteiger partial charge on any atom is 0.231 e. The number of azo groups is 1. The van der Waals surface area contributed by atoms with Crippen molar-refractivity contribution in [3.8, 4) is 11.5 Å². The highest BCUT2D eigenvalue weighted by Crippen LogP contribution is 2.32. The lowest BCUT2D eigenvalue weighted by molar-refractivity contribution is 0.00506. The second kappa shape index (κ2) is 15.9. The summed E-state index contributed by atoms with van der Waals surface area (Å²) in [7, 11) is 4.01. The molecule has 0 saturated heterocycles. The summed E-state index contributed by atoms with van der Waals surface area (Å²) in [5, 5.41) is 11.5. The minimum absolute atomic E-state index is 0.444. The fraction of sp³-hybridized carbons (Fsp3) is 0.303. The smallest absolute Gasteiger partial charge is 0.231 e. The molecule has 0 atom stereocenters. The summed E-state index contributed by atoms with van der Waals surface area (Å²) in [6, 6.07) is 27.9. The van der Waals surface area contributed by atoms with E-state index in [-0.39, 0.29) is 0 Å². The van der Waals surface area contributed by atoms with Gasteiger partial charge in [-0.2, -0.15) is 0 Å². The van der Waals surface area contributed by atoms with Gasteiger partial charge in [0.2, 0.25) is 5.13 Å². The molecule has 43 heavy (non-hydrogen) atoms. The molecule has 0 aliphatic heterocycles. The van der Waals surface area contributed by atoms with Crippen molar-refractivity contribution in [2.24, 2.45) is 10.2 Å². The molecule has 0 unspecified atom stereocenters. The predicted octanol–water partition coefficient (Wildman–Crippen LogP) is 7.44. The van der Waals surface area contributed by atoms with Crippen LogP contribution in [0.15, 0.2) is 95.2 Å². The molecule has 0 aliphatic carbocycles. The van der Waals surface area contributed by atoms with Crippen molar-refractivity contribution in [3.05, 3.63) is 84.9 Å². The molecule has 10 heteroatoms. The van der Waals surface area contributed by atoms with Gasteiger partial charge in [0.15, 0.2) is 0 Å². The lowest BCUT2D eigenvalue weighted by Gasteiger charge is -2.11. The van der Waals surface area contributed by atoms with Crippen LogP contribution in [0.5, 0.6) is 11.5 Å². The van der Waals surface area contributed by atoms with E-state index >= 15 is 0 Å². The Bertz CT molecular complexity index is 1600. The molecule has 0 N–H and O–H groups in total. The van der Waals surface area contributed by atoms with Gasteiger partial charge in [0.25, 0.3) is 0 Å². The molecule has 0 saturated carbocycles. The molecule has 1 aromatic heterocycles. The van der Waals surface area contributed by atoms with Crippen LogP contribution in [0.1, 0.15) is 0 Å². The van der Waals surface area contributed by atoms with Gasteiger partial charge in [0.05, 0.1) is 55.5 Å². The van der Waals surface area contributed by atoms with E-state index in [0.29, 0.717) is 58.0 Å². The average molecular weight is 601 g/mol. The highest BCUT2D eigenvalue weighted by atomic mass is 32.1. The minimum Gasteiger partial charge on any atom is -0.491 e. The van der Waals surface area contributed by atoms with Gasteiger partial charge in [-0.3, -0.25) is 0 Å². The summed E-state index contributed by atoms with van der Waals surface area (Å²) in [6.45, 7) is 3.92. The summed E-state index contributed by atoms with van der Waals surface area (Å²) < 4.78 is 29.5. The second-order valence-corrected chi connectivity index (χ2v) is 10.8. The molecular weight excluding hydrogens is 564 g/mol. The lowest BCUT2D eigenvalue weighted by Crippen LogP contribution is -2.14. The van der Waals surface area contributed by atoms with Crippen molar-refractivity contribution in [3.63, 3.8) is 0 Å². The van der Waals surface area contributed by atoms with Crippen LogP contribution in [-0.2, 0) is 14.2 Å². The maximum absolute atomic E-state index is 5.88. The van der Waals surface area contributed by atoms with Crippen LogP contribution in [0.2, 0.25) is 0 Å². The number of hydrogen-bond acceptors (Lipinski definition) is 10. The topological polar surface area (TPSA) is 87.0 Å². The first-order valence-electron chi connectivity index (χ1n) is 14.2. The number of thiazole rings is 1. The monoisotopic (exact) mass is 600 g/mol. The molecule has 224 valence electrons. The molecular formula is C33H36N4O5S. The van der Waals surface area contributed by atoms with E-state index in [1.807, 2.05) is 85.7 Å². The molecule has 9 nitrogen and oxygen atoms in total. The number of nitrogens with zero attached hydrogens (tertiary/aromatic N) is 4. The summed E-state index contributed by atoms with van der Waals surface area (Å²) in [4.78, 5) is 6.59. The highest BCUT2D eigenvalue weighted by Gasteiger charge is 2.06. The van der Waals surface area contributed by atoms with Crippen LogP contribution < -0.4 is 14.4 Å². The zero-order valence-corrected chi connectivity index (χ0v) is 25.3. The van der Waals surface area contributed by atoms with Gasteiger partial charge in [-0.1, -0.05) is 47.7 Å². The van der Waals surface area contributed by atoms with Crippen LogP contribution >= 0.6 is 11.3 Å². The Balaban J connectivity index is 0.905. The van der Waals surface area contributed by atoms with Gasteiger partial charge in [-0.15, -0.1) is 10.2 Å². The molecule has 0 amide bonds. The zero-order valence-electron chi connectivity index (χ0n) is 24.5. The first-order chi connectivity index (χ1) is 21.2. The molecule has 0 radical (unpaired) electrons. The SMILES string of the molecule is CN(C)c1ccc(N=Nc2nc3ccc(OCCOCCOCCOCCOc4cccc5ccccc45)cc3s2)cc1. The normalized spacial score (nSPS) is 11.5. The van der Waals surface area contributed by atoms with Crippen molar-refractivity contribution in [2.45, 2.75) is 0 Å². The Hall–Kier alpha value is -4.09. The standard InChI is InChI=1S/C33H36N4O5S/c1-37(2)27-12-10-26(11-13-27)35-36-33-34-30-15-14-28(24-32(30)43-33)41-22-20-39-18-16-38-17-19-40-21-23-42-31-9-5-7-25-6-3-4-8-29(25)31/h3-15,24H,16-23H2,1-2H3. The Kier molecular flexibility index (Phi) is 11.3. The van der Waals surface area contributed by atoms with Gasteiger partial charge < -0.3 is 28.6 Å². The van der Waals surface area contributed by atoms with E-state index in [2.05, 4.69) is 33.4 Å². The van der Waals surface area contributed by atoms with Crippen molar-refractivity contribution >= 4 is 48.8 Å². The van der Waals surface area contributed by atoms with Crippen molar-refractivity contribution in [2.75, 3.05) is 71.9 Å². The molecule has 1 heterocycles. The van der Waals surface area contributed by atoms with Crippen LogP contribution in [0.3, 0.4) is 0 Å². The number of hydrogen-bond donors (Lipinski definition) is 0. The third kappa shape index (κ3) is 9.20. The Morgan fingerprint density at radius 1 is 0.674 bits per heavy atom. The van der Waals surface area contributed by atoms with Crippen LogP contribution in [-0.4, -0.2) is 71.9 Å². The predicted molar refractivity (Wildman–Crippen MR) is 172 cm³/mol. The third-order valence-electron chi connectivity index (χ3n) is 6.44. The zero-order chi connectivity index (χ0) is 29.7. The highest BCUT2D eigenvalue weighted by molar-refractivity contribution is 7.21. The van der Waals surface area contributed by atoms with Gasteiger partial charge >= 0.3 is 0 Å². The Morgan fingerprint density at radius 3 is 2.09 bits per heavy atom. The molecule has 0 bridgehead atoms. The first-order valence-corrected chi connectivity index (χ1v) is 15.0. The Morgan fingerprint density at radius 2 is 1.35 bits per heavy atom. The summed E-state index contributed by atoms with van der Waals surface area (Å²) in [5.41, 5.74) is 2.76. The van der Waals surface area contributed by atoms with E-state index in [1.54, 1.807) is 0 Å². The third-order valence-corrected chi connectivity index (χ3v) is 7.34. The van der Waals surface area contributed by atoms with Crippen LogP contribution in [0, 0.1) is 0 Å². The number of anilines is 1. The van der Waals surface area contributed by atoms with Crippen molar-refractivity contribution < 1.29 is 23.7 Å². The van der Waals surface area contributed by atoms with E-state index in [1.165, 1.54) is 11.3 Å². The fourth-order valence-corrected chi connectivity index (χ4v) is 5.05. The van der Waals surface area contributed by atoms with Crippen LogP contribution in [0.4, 0.5) is 16.5 Å². The van der Waals surface area contributed by atoms with Gasteiger partial charge in [-0.25, -0.2) is 4.98 Å². The van der Waals surface area contributed by atoms with E-state index < -0.39 is 0 Å². The average Bonchev–Trinajstić information content (AvgIpc) is 3.45. The lowest BCUT2D eigenvalue weighted by atomic mass is 10.1. The van der Waals surface area contributed by atoms with E-state index in [0.717, 1.165) is 43.9 Å². The molecule has 0 aliphatic rings. The minimum atomic E-state index is 0.444. The number of aromatic nitrogens is 1. The van der Waals surface area contributed by atoms with Gasteiger partial charge in [0.1, 0.15) is 24.7 Å². The van der Waals surface area contributed by atoms with E-state index in [9.17, 15) is 0 Å².